The molecule has 0 aliphatic heterocycles. The van der Waals surface area contributed by atoms with E-state index in [0.717, 1.165) is 5.56 Å². The van der Waals surface area contributed by atoms with E-state index in [1.807, 2.05) is 19.1 Å². The molecule has 3 N–H and O–H groups in total. The molecule has 5 heteroatoms. The third-order valence-corrected chi connectivity index (χ3v) is 2.98. The third kappa shape index (κ3) is 3.39. The number of hydrogen-bond donors (Lipinski definition) is 3. The number of ether oxygens (including phenoxy) is 1. The molecule has 0 amide bonds. The molecule has 0 saturated carbocycles. The van der Waals surface area contributed by atoms with Gasteiger partial charge in [-0.2, -0.15) is 0 Å². The minimum atomic E-state index is -0.652. The fraction of sp³-hybridized carbons (Fsp3) is 0.583. The van der Waals surface area contributed by atoms with Gasteiger partial charge in [-0.1, -0.05) is 13.0 Å². The molecule has 1 aromatic heterocycles. The van der Waals surface area contributed by atoms with Gasteiger partial charge in [-0.3, -0.25) is 0 Å². The third-order valence-electron chi connectivity index (χ3n) is 2.98. The van der Waals surface area contributed by atoms with Gasteiger partial charge in [0.25, 0.3) is 0 Å². The molecule has 1 aromatic rings. The predicted molar refractivity (Wildman–Crippen MR) is 64.8 cm³/mol. The minimum Gasteiger partial charge on any atom is -0.481 e. The van der Waals surface area contributed by atoms with Crippen LogP contribution in [0.25, 0.3) is 0 Å². The number of aromatic nitrogens is 1. The van der Waals surface area contributed by atoms with E-state index in [1.54, 1.807) is 13.3 Å². The van der Waals surface area contributed by atoms with Crippen molar-refractivity contribution in [3.05, 3.63) is 23.9 Å². The summed E-state index contributed by atoms with van der Waals surface area (Å²) in [6.07, 6.45) is 2.30. The van der Waals surface area contributed by atoms with E-state index in [2.05, 4.69) is 10.3 Å². The molecule has 1 heterocycles. The molecule has 17 heavy (non-hydrogen) atoms. The molecule has 5 nitrogen and oxygen atoms in total. The highest BCUT2D eigenvalue weighted by Gasteiger charge is 2.25. The van der Waals surface area contributed by atoms with Crippen molar-refractivity contribution in [2.24, 2.45) is 0 Å². The number of nitrogens with zero attached hydrogens (tertiary/aromatic N) is 1. The highest BCUT2D eigenvalue weighted by molar-refractivity contribution is 5.25. The highest BCUT2D eigenvalue weighted by atomic mass is 16.5. The zero-order valence-electron chi connectivity index (χ0n) is 10.3. The van der Waals surface area contributed by atoms with Crippen LogP contribution in [0.15, 0.2) is 18.3 Å². The van der Waals surface area contributed by atoms with Crippen LogP contribution < -0.4 is 10.1 Å². The maximum absolute atomic E-state index is 9.31. The largest absolute Gasteiger partial charge is 0.481 e. The second-order valence-electron chi connectivity index (χ2n) is 3.98. The van der Waals surface area contributed by atoms with Gasteiger partial charge in [0.1, 0.15) is 0 Å². The first-order valence-corrected chi connectivity index (χ1v) is 5.66. The van der Waals surface area contributed by atoms with Crippen LogP contribution in [-0.2, 0) is 6.54 Å². The zero-order chi connectivity index (χ0) is 12.7. The average Bonchev–Trinajstić information content (AvgIpc) is 2.41. The number of rotatable bonds is 7. The van der Waals surface area contributed by atoms with Gasteiger partial charge in [0.2, 0.25) is 5.88 Å². The van der Waals surface area contributed by atoms with Crippen molar-refractivity contribution in [1.82, 2.24) is 10.3 Å². The quantitative estimate of drug-likeness (QED) is 0.640. The lowest BCUT2D eigenvalue weighted by Crippen LogP contribution is -2.50. The van der Waals surface area contributed by atoms with E-state index in [1.165, 1.54) is 0 Å². The van der Waals surface area contributed by atoms with Crippen LogP contribution in [0.4, 0.5) is 0 Å². The smallest absolute Gasteiger partial charge is 0.217 e. The molecule has 96 valence electrons. The van der Waals surface area contributed by atoms with Crippen molar-refractivity contribution in [2.45, 2.75) is 25.4 Å². The van der Waals surface area contributed by atoms with E-state index in [4.69, 9.17) is 4.74 Å². The summed E-state index contributed by atoms with van der Waals surface area (Å²) in [4.78, 5) is 4.09. The zero-order valence-corrected chi connectivity index (χ0v) is 10.3. The van der Waals surface area contributed by atoms with Crippen LogP contribution in [0.2, 0.25) is 0 Å². The first kappa shape index (κ1) is 13.9. The summed E-state index contributed by atoms with van der Waals surface area (Å²) in [6, 6.07) is 3.72. The van der Waals surface area contributed by atoms with E-state index in [0.29, 0.717) is 18.8 Å². The highest BCUT2D eigenvalue weighted by Crippen LogP contribution is 2.16. The molecule has 0 bridgehead atoms. The molecule has 0 aliphatic carbocycles. The van der Waals surface area contributed by atoms with Crippen molar-refractivity contribution in [3.63, 3.8) is 0 Å². The van der Waals surface area contributed by atoms with E-state index < -0.39 is 5.54 Å². The molecule has 0 fully saturated rings. The predicted octanol–water partition coefficient (Wildman–Crippen LogP) is 0.313. The maximum Gasteiger partial charge on any atom is 0.217 e. The van der Waals surface area contributed by atoms with Crippen LogP contribution in [-0.4, -0.2) is 41.1 Å². The Hall–Kier alpha value is -1.17. The molecular weight excluding hydrogens is 220 g/mol. The van der Waals surface area contributed by atoms with Crippen LogP contribution in [0.5, 0.6) is 5.88 Å². The molecule has 0 aromatic carbocycles. The Kier molecular flexibility index (Phi) is 5.34. The Morgan fingerprint density at radius 3 is 2.65 bits per heavy atom. The lowest BCUT2D eigenvalue weighted by Gasteiger charge is -2.30. The van der Waals surface area contributed by atoms with Crippen molar-refractivity contribution >= 4 is 0 Å². The minimum absolute atomic E-state index is 0.109. The average molecular weight is 240 g/mol. The topological polar surface area (TPSA) is 74.6 Å². The monoisotopic (exact) mass is 240 g/mol. The van der Waals surface area contributed by atoms with Crippen molar-refractivity contribution in [2.75, 3.05) is 20.3 Å². The first-order valence-electron chi connectivity index (χ1n) is 5.66. The van der Waals surface area contributed by atoms with Gasteiger partial charge in [-0.15, -0.1) is 0 Å². The Bertz CT molecular complexity index is 332. The lowest BCUT2D eigenvalue weighted by atomic mass is 9.98. The van der Waals surface area contributed by atoms with Crippen LogP contribution in [0, 0.1) is 0 Å². The molecule has 0 unspecified atom stereocenters. The number of pyridine rings is 1. The van der Waals surface area contributed by atoms with Gasteiger partial charge < -0.3 is 20.3 Å². The molecule has 1 rings (SSSR count). The summed E-state index contributed by atoms with van der Waals surface area (Å²) in [5.74, 6) is 0.556. The van der Waals surface area contributed by atoms with Gasteiger partial charge >= 0.3 is 0 Å². The first-order chi connectivity index (χ1) is 8.21. The molecular formula is C12H20N2O3. The van der Waals surface area contributed by atoms with Gasteiger partial charge in [0.05, 0.1) is 25.9 Å². The van der Waals surface area contributed by atoms with Crippen molar-refractivity contribution in [1.29, 1.82) is 0 Å². The normalized spacial score (nSPS) is 11.5. The van der Waals surface area contributed by atoms with E-state index in [-0.39, 0.29) is 13.2 Å². The fourth-order valence-corrected chi connectivity index (χ4v) is 1.54. The number of aliphatic hydroxyl groups excluding tert-OH is 2. The standard InChI is InChI=1S/C12H20N2O3/c1-3-12(8-15,9-16)14-7-10-5-4-6-13-11(10)17-2/h4-6,14-16H,3,7-9H2,1-2H3. The number of methoxy groups -OCH3 is 1. The van der Waals surface area contributed by atoms with Gasteiger partial charge in [0.15, 0.2) is 0 Å². The van der Waals surface area contributed by atoms with Gasteiger partial charge in [0, 0.05) is 18.3 Å². The molecule has 0 atom stereocenters. The molecule has 0 saturated heterocycles. The summed E-state index contributed by atoms with van der Waals surface area (Å²) < 4.78 is 5.14. The van der Waals surface area contributed by atoms with Crippen LogP contribution in [0.3, 0.4) is 0 Å². The maximum atomic E-state index is 9.31. The van der Waals surface area contributed by atoms with Crippen molar-refractivity contribution in [3.8, 4) is 5.88 Å². The lowest BCUT2D eigenvalue weighted by molar-refractivity contribution is 0.0861. The van der Waals surface area contributed by atoms with Gasteiger partial charge in [-0.05, 0) is 12.5 Å². The number of hydrogen-bond acceptors (Lipinski definition) is 5. The summed E-state index contributed by atoms with van der Waals surface area (Å²) in [7, 11) is 1.57. The van der Waals surface area contributed by atoms with E-state index in [9.17, 15) is 10.2 Å². The van der Waals surface area contributed by atoms with Crippen LogP contribution in [0.1, 0.15) is 18.9 Å². The Morgan fingerprint density at radius 2 is 2.12 bits per heavy atom. The second kappa shape index (κ2) is 6.54. The summed E-state index contributed by atoms with van der Waals surface area (Å²) in [5.41, 5.74) is 0.246. The number of aliphatic hydroxyl groups is 2. The van der Waals surface area contributed by atoms with Crippen molar-refractivity contribution < 1.29 is 14.9 Å². The van der Waals surface area contributed by atoms with Gasteiger partial charge in [-0.25, -0.2) is 4.98 Å². The Morgan fingerprint density at radius 1 is 1.41 bits per heavy atom. The summed E-state index contributed by atoms with van der Waals surface area (Å²) in [6.45, 7) is 2.19. The molecule has 0 radical (unpaired) electrons. The molecule has 0 aliphatic rings. The number of nitrogens with one attached hydrogen (secondary N) is 1. The second-order valence-corrected chi connectivity index (χ2v) is 3.98. The Balaban J connectivity index is 2.71. The fourth-order valence-electron chi connectivity index (χ4n) is 1.54. The van der Waals surface area contributed by atoms with Crippen LogP contribution >= 0.6 is 0 Å². The molecule has 0 spiro atoms. The Labute approximate surface area is 101 Å². The van der Waals surface area contributed by atoms with E-state index >= 15 is 0 Å². The SMILES string of the molecule is CCC(CO)(CO)NCc1cccnc1OC. The summed E-state index contributed by atoms with van der Waals surface area (Å²) in [5, 5.41) is 21.8. The summed E-state index contributed by atoms with van der Waals surface area (Å²) >= 11 is 0.